The third kappa shape index (κ3) is 28.2. The molecule has 0 aliphatic rings. The standard InChI is InChI=1S/C35H65NO6/c1-2-3-4-5-6-7-8-9-10-11-12-13-14-15-16-17-18-19-20-21-22-29-36(30-23-26-33(37)38,31-24-27-34(39)40)32-25-28-35(41)42/h21-22H,2-20,23-32H2,1H3,(H2-,37,38,39,40,41,42)/b22-21+. The molecular weight excluding hydrogens is 530 g/mol. The fourth-order valence-corrected chi connectivity index (χ4v) is 5.88. The zero-order chi connectivity index (χ0) is 31.2. The van der Waals surface area contributed by atoms with Crippen LogP contribution in [0.3, 0.4) is 0 Å². The van der Waals surface area contributed by atoms with Gasteiger partial charge in [0.05, 0.1) is 39.0 Å². The summed E-state index contributed by atoms with van der Waals surface area (Å²) >= 11 is 0. The summed E-state index contributed by atoms with van der Waals surface area (Å²) in [6.07, 6.45) is 31.3. The molecule has 0 aliphatic heterocycles. The summed E-state index contributed by atoms with van der Waals surface area (Å²) < 4.78 is 0.531. The normalized spacial score (nSPS) is 11.8. The lowest BCUT2D eigenvalue weighted by Gasteiger charge is -2.38. The van der Waals surface area contributed by atoms with Crippen LogP contribution in [0, 0.1) is 0 Å². The Bertz CT molecular complexity index is 643. The lowest BCUT2D eigenvalue weighted by Crippen LogP contribution is -2.50. The third-order valence-electron chi connectivity index (χ3n) is 8.44. The van der Waals surface area contributed by atoms with Gasteiger partial charge in [-0.25, -0.2) is 0 Å². The molecule has 2 N–H and O–H groups in total. The number of carboxylic acid groups (broad SMARTS) is 3. The van der Waals surface area contributed by atoms with Gasteiger partial charge in [-0.05, 0) is 25.3 Å². The number of rotatable bonds is 33. The van der Waals surface area contributed by atoms with E-state index < -0.39 is 17.9 Å². The second-order valence-corrected chi connectivity index (χ2v) is 12.4. The molecule has 246 valence electrons. The fourth-order valence-electron chi connectivity index (χ4n) is 5.88. The van der Waals surface area contributed by atoms with E-state index in [1.165, 1.54) is 109 Å². The highest BCUT2D eigenvalue weighted by molar-refractivity contribution is 5.66. The van der Waals surface area contributed by atoms with Gasteiger partial charge in [0, 0.05) is 25.2 Å². The Balaban J connectivity index is 4.09. The van der Waals surface area contributed by atoms with Gasteiger partial charge in [0.25, 0.3) is 0 Å². The van der Waals surface area contributed by atoms with Crippen molar-refractivity contribution in [2.75, 3.05) is 26.2 Å². The van der Waals surface area contributed by atoms with Gasteiger partial charge in [0.15, 0.2) is 0 Å². The van der Waals surface area contributed by atoms with Gasteiger partial charge in [0.1, 0.15) is 0 Å². The molecule has 0 amide bonds. The molecule has 0 aromatic carbocycles. The van der Waals surface area contributed by atoms with Crippen LogP contribution < -0.4 is 5.11 Å². The Hall–Kier alpha value is -1.89. The maximum Gasteiger partial charge on any atom is 0.303 e. The number of carbonyl (C=O) groups excluding carboxylic acids is 1. The zero-order valence-corrected chi connectivity index (χ0v) is 27.1. The van der Waals surface area contributed by atoms with Gasteiger partial charge in [-0.15, -0.1) is 0 Å². The predicted octanol–water partition coefficient (Wildman–Crippen LogP) is 8.05. The van der Waals surface area contributed by atoms with Crippen molar-refractivity contribution in [3.8, 4) is 0 Å². The molecule has 0 aromatic heterocycles. The molecular formula is C35H65NO6. The molecule has 0 saturated carbocycles. The number of nitrogens with zero attached hydrogens (tertiary/aromatic N) is 1. The molecule has 0 bridgehead atoms. The van der Waals surface area contributed by atoms with Crippen LogP contribution in [-0.2, 0) is 14.4 Å². The summed E-state index contributed by atoms with van der Waals surface area (Å²) in [4.78, 5) is 33.1. The maximum absolute atomic E-state index is 11.1. The van der Waals surface area contributed by atoms with E-state index in [-0.39, 0.29) is 19.3 Å². The number of quaternary nitrogens is 1. The van der Waals surface area contributed by atoms with E-state index in [0.29, 0.717) is 49.9 Å². The quantitative estimate of drug-likeness (QED) is 0.0451. The average Bonchev–Trinajstić information content (AvgIpc) is 2.93. The Kier molecular flexibility index (Phi) is 27.9. The molecule has 42 heavy (non-hydrogen) atoms. The summed E-state index contributed by atoms with van der Waals surface area (Å²) in [6, 6.07) is 0. The van der Waals surface area contributed by atoms with Crippen LogP contribution in [0.2, 0.25) is 0 Å². The first-order chi connectivity index (χ1) is 20.3. The molecule has 0 rings (SSSR count). The van der Waals surface area contributed by atoms with Crippen molar-refractivity contribution >= 4 is 17.9 Å². The number of aliphatic carboxylic acids is 3. The van der Waals surface area contributed by atoms with Crippen molar-refractivity contribution < 1.29 is 34.2 Å². The van der Waals surface area contributed by atoms with Gasteiger partial charge >= 0.3 is 11.9 Å². The minimum absolute atomic E-state index is 0.0408. The van der Waals surface area contributed by atoms with E-state index in [2.05, 4.69) is 19.1 Å². The summed E-state index contributed by atoms with van der Waals surface area (Å²) in [7, 11) is 0. The summed E-state index contributed by atoms with van der Waals surface area (Å²) in [6.45, 7) is 4.73. The molecule has 0 spiro atoms. The van der Waals surface area contributed by atoms with E-state index in [1.54, 1.807) is 0 Å². The van der Waals surface area contributed by atoms with Crippen LogP contribution in [-0.4, -0.2) is 58.8 Å². The van der Waals surface area contributed by atoms with Crippen molar-refractivity contribution in [2.24, 2.45) is 0 Å². The number of hydrogen-bond donors (Lipinski definition) is 2. The Morgan fingerprint density at radius 2 is 0.881 bits per heavy atom. The van der Waals surface area contributed by atoms with E-state index in [9.17, 15) is 19.5 Å². The summed E-state index contributed by atoms with van der Waals surface area (Å²) in [5.74, 6) is -2.79. The minimum Gasteiger partial charge on any atom is -0.550 e. The van der Waals surface area contributed by atoms with Crippen LogP contribution in [0.4, 0.5) is 0 Å². The monoisotopic (exact) mass is 595 g/mol. The molecule has 0 unspecified atom stereocenters. The number of carbonyl (C=O) groups is 3. The summed E-state index contributed by atoms with van der Waals surface area (Å²) in [5.41, 5.74) is 0. The first-order valence-corrected chi connectivity index (χ1v) is 17.4. The van der Waals surface area contributed by atoms with E-state index >= 15 is 0 Å². The number of unbranched alkanes of at least 4 members (excludes halogenated alkanes) is 18. The molecule has 0 heterocycles. The lowest BCUT2D eigenvalue weighted by atomic mass is 10.0. The first-order valence-electron chi connectivity index (χ1n) is 17.4. The highest BCUT2D eigenvalue weighted by Gasteiger charge is 2.26. The third-order valence-corrected chi connectivity index (χ3v) is 8.44. The molecule has 0 saturated heterocycles. The largest absolute Gasteiger partial charge is 0.550 e. The lowest BCUT2D eigenvalue weighted by molar-refractivity contribution is -0.923. The van der Waals surface area contributed by atoms with Crippen LogP contribution in [0.1, 0.15) is 167 Å². The van der Waals surface area contributed by atoms with Crippen molar-refractivity contribution in [1.82, 2.24) is 0 Å². The van der Waals surface area contributed by atoms with E-state index in [1.807, 2.05) is 0 Å². The molecule has 0 aliphatic carbocycles. The van der Waals surface area contributed by atoms with Crippen molar-refractivity contribution in [2.45, 2.75) is 167 Å². The fraction of sp³-hybridized carbons (Fsp3) is 0.857. The molecule has 0 radical (unpaired) electrons. The van der Waals surface area contributed by atoms with Gasteiger partial charge in [-0.3, -0.25) is 9.59 Å². The van der Waals surface area contributed by atoms with Gasteiger partial charge in [-0.1, -0.05) is 122 Å². The topological polar surface area (TPSA) is 115 Å². The van der Waals surface area contributed by atoms with Crippen LogP contribution in [0.5, 0.6) is 0 Å². The van der Waals surface area contributed by atoms with Crippen LogP contribution >= 0.6 is 0 Å². The highest BCUT2D eigenvalue weighted by atomic mass is 16.4. The van der Waals surface area contributed by atoms with Crippen LogP contribution in [0.15, 0.2) is 12.2 Å². The molecule has 0 fully saturated rings. The zero-order valence-electron chi connectivity index (χ0n) is 27.1. The number of carboxylic acids is 3. The number of hydrogen-bond acceptors (Lipinski definition) is 4. The van der Waals surface area contributed by atoms with E-state index in [0.717, 1.165) is 12.8 Å². The van der Waals surface area contributed by atoms with E-state index in [4.69, 9.17) is 10.2 Å². The molecule has 7 heteroatoms. The van der Waals surface area contributed by atoms with Crippen molar-refractivity contribution in [1.29, 1.82) is 0 Å². The minimum atomic E-state index is -1.09. The first kappa shape index (κ1) is 40.1. The Labute approximate surface area is 257 Å². The van der Waals surface area contributed by atoms with Crippen molar-refractivity contribution in [3.63, 3.8) is 0 Å². The second kappa shape index (κ2) is 29.2. The van der Waals surface area contributed by atoms with Gasteiger partial charge < -0.3 is 24.6 Å². The van der Waals surface area contributed by atoms with Crippen LogP contribution in [0.25, 0.3) is 0 Å². The van der Waals surface area contributed by atoms with Gasteiger partial charge in [-0.2, -0.15) is 0 Å². The Morgan fingerprint density at radius 1 is 0.524 bits per heavy atom. The van der Waals surface area contributed by atoms with Crippen molar-refractivity contribution in [3.05, 3.63) is 12.2 Å². The number of allylic oxidation sites excluding steroid dienone is 1. The predicted molar refractivity (Wildman–Crippen MR) is 170 cm³/mol. The second-order valence-electron chi connectivity index (χ2n) is 12.4. The SMILES string of the molecule is CCCCCCCCCCCCCCCCCCCC/C=C/C[N+](CCCC(=O)[O-])(CCCC(=O)O)CCCC(=O)O. The molecule has 0 atom stereocenters. The summed E-state index contributed by atoms with van der Waals surface area (Å²) in [5, 5.41) is 29.1. The molecule has 0 aromatic rings. The average molecular weight is 596 g/mol. The van der Waals surface area contributed by atoms with Gasteiger partial charge in [0.2, 0.25) is 0 Å². The Morgan fingerprint density at radius 3 is 1.24 bits per heavy atom. The maximum atomic E-state index is 11.1. The smallest absolute Gasteiger partial charge is 0.303 e. The highest BCUT2D eigenvalue weighted by Crippen LogP contribution is 2.17. The molecule has 7 nitrogen and oxygen atoms in total.